The van der Waals surface area contributed by atoms with Gasteiger partial charge < -0.3 is 30.9 Å². The van der Waals surface area contributed by atoms with E-state index in [-0.39, 0.29) is 35.3 Å². The van der Waals surface area contributed by atoms with Gasteiger partial charge in [0, 0.05) is 30.6 Å². The molecule has 158 valence electrons. The van der Waals surface area contributed by atoms with E-state index < -0.39 is 0 Å². The van der Waals surface area contributed by atoms with Gasteiger partial charge in [-0.15, -0.1) is 0 Å². The van der Waals surface area contributed by atoms with Crippen LogP contribution in [0.2, 0.25) is 0 Å². The third-order valence-electron chi connectivity index (χ3n) is 4.30. The number of amides is 2. The summed E-state index contributed by atoms with van der Waals surface area (Å²) in [5.41, 5.74) is 2.89. The van der Waals surface area contributed by atoms with Gasteiger partial charge in [0.25, 0.3) is 11.8 Å². The zero-order valence-corrected chi connectivity index (χ0v) is 17.3. The van der Waals surface area contributed by atoms with Crippen molar-refractivity contribution in [2.45, 2.75) is 33.7 Å². The molecule has 3 heterocycles. The largest absolute Gasteiger partial charge is 0.382 e. The molecule has 0 aromatic carbocycles. The Hall–Kier alpha value is -3.75. The summed E-state index contributed by atoms with van der Waals surface area (Å²) in [6.07, 6.45) is 4.82. The maximum absolute atomic E-state index is 12.4. The molecule has 0 aliphatic carbocycles. The van der Waals surface area contributed by atoms with E-state index in [4.69, 9.17) is 0 Å². The van der Waals surface area contributed by atoms with Gasteiger partial charge in [-0.1, -0.05) is 13.8 Å². The molecule has 3 aromatic rings. The second-order valence-electron chi connectivity index (χ2n) is 7.63. The second kappa shape index (κ2) is 8.73. The zero-order valence-electron chi connectivity index (χ0n) is 17.3. The minimum Gasteiger partial charge on any atom is -0.382 e. The lowest BCUT2D eigenvalue weighted by atomic mass is 10.1. The van der Waals surface area contributed by atoms with Crippen LogP contribution in [-0.4, -0.2) is 38.6 Å². The van der Waals surface area contributed by atoms with Crippen molar-refractivity contribution in [2.75, 3.05) is 16.0 Å². The predicted octanol–water partition coefficient (Wildman–Crippen LogP) is 3.83. The summed E-state index contributed by atoms with van der Waals surface area (Å²) in [5, 5.41) is 8.65. The van der Waals surface area contributed by atoms with Crippen LogP contribution in [0.25, 0.3) is 0 Å². The first-order valence-electron chi connectivity index (χ1n) is 9.71. The predicted molar refractivity (Wildman–Crippen MR) is 116 cm³/mol. The van der Waals surface area contributed by atoms with Crippen LogP contribution in [0.3, 0.4) is 0 Å². The minimum absolute atomic E-state index is 0.0311. The van der Waals surface area contributed by atoms with E-state index in [0.717, 1.165) is 5.69 Å². The van der Waals surface area contributed by atoms with Gasteiger partial charge >= 0.3 is 0 Å². The highest BCUT2D eigenvalue weighted by Crippen LogP contribution is 2.17. The SMILES string of the molecule is CC(C)Nc1c[nH]c(C(=O)Nc2c[nH]c(C(=O)Nc3c[nH]c(C(=O)C(C)C)c3)c2)c1. The summed E-state index contributed by atoms with van der Waals surface area (Å²) in [7, 11) is 0. The average Bonchev–Trinajstić information content (AvgIpc) is 3.41. The normalized spacial score (nSPS) is 11.0. The van der Waals surface area contributed by atoms with E-state index in [2.05, 4.69) is 30.9 Å². The molecule has 0 saturated carbocycles. The number of hydrogen-bond acceptors (Lipinski definition) is 4. The van der Waals surface area contributed by atoms with Crippen molar-refractivity contribution in [3.8, 4) is 0 Å². The Bertz CT molecular complexity index is 1060. The lowest BCUT2D eigenvalue weighted by Gasteiger charge is -2.05. The van der Waals surface area contributed by atoms with Crippen LogP contribution in [-0.2, 0) is 0 Å². The molecule has 9 nitrogen and oxygen atoms in total. The molecule has 3 rings (SSSR count). The number of carbonyl (C=O) groups excluding carboxylic acids is 3. The highest BCUT2D eigenvalue weighted by atomic mass is 16.2. The zero-order chi connectivity index (χ0) is 21.8. The van der Waals surface area contributed by atoms with Crippen LogP contribution >= 0.6 is 0 Å². The van der Waals surface area contributed by atoms with E-state index >= 15 is 0 Å². The van der Waals surface area contributed by atoms with Crippen molar-refractivity contribution in [1.29, 1.82) is 0 Å². The van der Waals surface area contributed by atoms with Crippen molar-refractivity contribution in [3.63, 3.8) is 0 Å². The molecule has 0 radical (unpaired) electrons. The molecule has 0 spiro atoms. The van der Waals surface area contributed by atoms with Crippen LogP contribution < -0.4 is 16.0 Å². The number of aromatic nitrogens is 3. The third kappa shape index (κ3) is 4.99. The summed E-state index contributed by atoms with van der Waals surface area (Å²) < 4.78 is 0. The Labute approximate surface area is 174 Å². The Morgan fingerprint density at radius 1 is 0.700 bits per heavy atom. The van der Waals surface area contributed by atoms with Gasteiger partial charge in [0.15, 0.2) is 5.78 Å². The number of H-pyrrole nitrogens is 3. The fraction of sp³-hybridized carbons (Fsp3) is 0.286. The van der Waals surface area contributed by atoms with Crippen LogP contribution in [0.1, 0.15) is 59.2 Å². The van der Waals surface area contributed by atoms with E-state index in [1.54, 1.807) is 24.5 Å². The Morgan fingerprint density at radius 2 is 1.13 bits per heavy atom. The van der Waals surface area contributed by atoms with Crippen molar-refractivity contribution < 1.29 is 14.4 Å². The van der Waals surface area contributed by atoms with E-state index in [1.807, 2.05) is 27.7 Å². The number of anilines is 3. The van der Waals surface area contributed by atoms with Crippen LogP contribution in [0.4, 0.5) is 17.1 Å². The fourth-order valence-corrected chi connectivity index (χ4v) is 2.86. The molecule has 30 heavy (non-hydrogen) atoms. The average molecular weight is 410 g/mol. The first kappa shape index (κ1) is 21.0. The molecule has 0 aliphatic heterocycles. The van der Waals surface area contributed by atoms with E-state index in [0.29, 0.717) is 22.8 Å². The summed E-state index contributed by atoms with van der Waals surface area (Å²) in [5.74, 6) is -0.878. The number of aromatic amines is 3. The standard InChI is InChI=1S/C21H26N6O3/c1-11(2)19(28)16-5-14(9-22-16)26-21(30)18-7-15(10-24-18)27-20(29)17-6-13(8-23-17)25-12(3)4/h5-12,22-25H,1-4H3,(H,26,30)(H,27,29). The van der Waals surface area contributed by atoms with Gasteiger partial charge in [-0.25, -0.2) is 0 Å². The quantitative estimate of drug-likeness (QED) is 0.315. The minimum atomic E-state index is -0.388. The van der Waals surface area contributed by atoms with Gasteiger partial charge in [-0.05, 0) is 32.0 Å². The molecule has 0 bridgehead atoms. The first-order valence-corrected chi connectivity index (χ1v) is 9.71. The highest BCUT2D eigenvalue weighted by Gasteiger charge is 2.16. The molecule has 2 amide bonds. The molecule has 0 aliphatic rings. The monoisotopic (exact) mass is 410 g/mol. The second-order valence-corrected chi connectivity index (χ2v) is 7.63. The Morgan fingerprint density at radius 3 is 1.63 bits per heavy atom. The van der Waals surface area contributed by atoms with Gasteiger partial charge in [0.05, 0.1) is 22.8 Å². The molecule has 3 aromatic heterocycles. The molecular weight excluding hydrogens is 384 g/mol. The maximum Gasteiger partial charge on any atom is 0.272 e. The van der Waals surface area contributed by atoms with Crippen molar-refractivity contribution in [2.24, 2.45) is 5.92 Å². The van der Waals surface area contributed by atoms with Crippen molar-refractivity contribution >= 4 is 34.7 Å². The van der Waals surface area contributed by atoms with Crippen molar-refractivity contribution in [1.82, 2.24) is 15.0 Å². The Balaban J connectivity index is 1.60. The highest BCUT2D eigenvalue weighted by molar-refractivity contribution is 6.07. The van der Waals surface area contributed by atoms with Crippen LogP contribution in [0.15, 0.2) is 36.8 Å². The maximum atomic E-state index is 12.4. The lowest BCUT2D eigenvalue weighted by Crippen LogP contribution is -2.13. The third-order valence-corrected chi connectivity index (χ3v) is 4.30. The van der Waals surface area contributed by atoms with Gasteiger partial charge in [-0.2, -0.15) is 0 Å². The fourth-order valence-electron chi connectivity index (χ4n) is 2.86. The van der Waals surface area contributed by atoms with Crippen LogP contribution in [0, 0.1) is 5.92 Å². The lowest BCUT2D eigenvalue weighted by molar-refractivity contribution is 0.0933. The molecule has 0 unspecified atom stereocenters. The van der Waals surface area contributed by atoms with Gasteiger partial charge in [0.2, 0.25) is 0 Å². The molecular formula is C21H26N6O3. The molecule has 0 atom stereocenters. The summed E-state index contributed by atoms with van der Waals surface area (Å²) in [6, 6.07) is 5.11. The number of nitrogens with one attached hydrogen (secondary N) is 6. The smallest absolute Gasteiger partial charge is 0.272 e. The summed E-state index contributed by atoms with van der Waals surface area (Å²) in [6.45, 7) is 7.64. The van der Waals surface area contributed by atoms with E-state index in [1.165, 1.54) is 12.3 Å². The number of carbonyl (C=O) groups is 3. The first-order chi connectivity index (χ1) is 14.2. The topological polar surface area (TPSA) is 135 Å². The molecule has 0 fully saturated rings. The Kier molecular flexibility index (Phi) is 6.10. The summed E-state index contributed by atoms with van der Waals surface area (Å²) >= 11 is 0. The molecule has 6 N–H and O–H groups in total. The number of ketones is 1. The van der Waals surface area contributed by atoms with Crippen molar-refractivity contribution in [3.05, 3.63) is 53.9 Å². The number of hydrogen-bond donors (Lipinski definition) is 6. The van der Waals surface area contributed by atoms with E-state index in [9.17, 15) is 14.4 Å². The molecule has 9 heteroatoms. The number of Topliss-reactive ketones (excluding diaryl/α,β-unsaturated/α-hetero) is 1. The summed E-state index contributed by atoms with van der Waals surface area (Å²) in [4.78, 5) is 45.4. The van der Waals surface area contributed by atoms with Crippen LogP contribution in [0.5, 0.6) is 0 Å². The van der Waals surface area contributed by atoms with Gasteiger partial charge in [-0.3, -0.25) is 14.4 Å². The molecule has 0 saturated heterocycles. The number of rotatable bonds is 8. The van der Waals surface area contributed by atoms with Gasteiger partial charge in [0.1, 0.15) is 11.4 Å².